The Morgan fingerprint density at radius 3 is 2.33 bits per heavy atom. The Hall–Kier alpha value is -1.69. The highest BCUT2D eigenvalue weighted by Crippen LogP contribution is 2.22. The zero-order chi connectivity index (χ0) is 15.5. The highest BCUT2D eigenvalue weighted by Gasteiger charge is 2.23. The van der Waals surface area contributed by atoms with E-state index < -0.39 is 10.0 Å². The van der Waals surface area contributed by atoms with Crippen LogP contribution in [0.2, 0.25) is 0 Å². The summed E-state index contributed by atoms with van der Waals surface area (Å²) in [5, 5.41) is 9.18. The lowest BCUT2D eigenvalue weighted by atomic mass is 10.2. The molecule has 0 amide bonds. The zero-order valence-electron chi connectivity index (χ0n) is 12.2. The molecule has 0 heterocycles. The molecule has 5 heteroatoms. The molecule has 0 bridgehead atoms. The Morgan fingerprint density at radius 2 is 1.71 bits per heavy atom. The minimum Gasteiger partial charge on any atom is -0.392 e. The van der Waals surface area contributed by atoms with Crippen LogP contribution in [0, 0.1) is 6.92 Å². The molecule has 0 saturated heterocycles. The Bertz CT molecular complexity index is 712. The van der Waals surface area contributed by atoms with Gasteiger partial charge in [0.15, 0.2) is 0 Å². The first kappa shape index (κ1) is 15.7. The number of benzene rings is 2. The molecule has 21 heavy (non-hydrogen) atoms. The van der Waals surface area contributed by atoms with Crippen molar-refractivity contribution in [3.05, 3.63) is 65.2 Å². The van der Waals surface area contributed by atoms with E-state index in [0.29, 0.717) is 17.7 Å². The zero-order valence-corrected chi connectivity index (χ0v) is 13.0. The largest absolute Gasteiger partial charge is 0.392 e. The van der Waals surface area contributed by atoms with E-state index in [2.05, 4.69) is 0 Å². The van der Waals surface area contributed by atoms with E-state index in [1.54, 1.807) is 26.1 Å². The fourth-order valence-electron chi connectivity index (χ4n) is 2.11. The quantitative estimate of drug-likeness (QED) is 0.922. The number of rotatable bonds is 5. The SMILES string of the molecule is Cc1ccc(CO)cc1S(=O)(=O)N(C)Cc1ccccc1. The molecule has 0 fully saturated rings. The molecule has 112 valence electrons. The second-order valence-electron chi connectivity index (χ2n) is 5.00. The van der Waals surface area contributed by atoms with Crippen LogP contribution in [0.15, 0.2) is 53.4 Å². The Balaban J connectivity index is 2.33. The Morgan fingerprint density at radius 1 is 1.05 bits per heavy atom. The topological polar surface area (TPSA) is 57.6 Å². The molecule has 2 aromatic carbocycles. The summed E-state index contributed by atoms with van der Waals surface area (Å²) in [5.41, 5.74) is 2.19. The second kappa shape index (κ2) is 6.39. The van der Waals surface area contributed by atoms with Gasteiger partial charge in [0, 0.05) is 13.6 Å². The Labute approximate surface area is 125 Å². The molecule has 4 nitrogen and oxygen atoms in total. The number of aliphatic hydroxyl groups excluding tert-OH is 1. The summed E-state index contributed by atoms with van der Waals surface area (Å²) in [4.78, 5) is 0.243. The molecule has 1 N–H and O–H groups in total. The number of hydrogen-bond donors (Lipinski definition) is 1. The molecule has 0 aromatic heterocycles. The summed E-state index contributed by atoms with van der Waals surface area (Å²) < 4.78 is 26.7. The van der Waals surface area contributed by atoms with Crippen LogP contribution >= 0.6 is 0 Å². The summed E-state index contributed by atoms with van der Waals surface area (Å²) in [6.45, 7) is 1.89. The molecule has 0 saturated carbocycles. The van der Waals surface area contributed by atoms with Crippen molar-refractivity contribution in [3.8, 4) is 0 Å². The lowest BCUT2D eigenvalue weighted by Crippen LogP contribution is -2.27. The van der Waals surface area contributed by atoms with Crippen LogP contribution < -0.4 is 0 Å². The van der Waals surface area contributed by atoms with Crippen molar-refractivity contribution in [3.63, 3.8) is 0 Å². The molecule has 0 aliphatic heterocycles. The third kappa shape index (κ3) is 3.50. The van der Waals surface area contributed by atoms with E-state index >= 15 is 0 Å². The third-order valence-electron chi connectivity index (χ3n) is 3.37. The Kier molecular flexibility index (Phi) is 4.77. The van der Waals surface area contributed by atoms with Crippen LogP contribution in [-0.4, -0.2) is 24.9 Å². The molecule has 0 aliphatic carbocycles. The highest BCUT2D eigenvalue weighted by atomic mass is 32.2. The van der Waals surface area contributed by atoms with Crippen molar-refractivity contribution >= 4 is 10.0 Å². The first-order chi connectivity index (χ1) is 9.95. The summed E-state index contributed by atoms with van der Waals surface area (Å²) in [6, 6.07) is 14.4. The lowest BCUT2D eigenvalue weighted by molar-refractivity contribution is 0.281. The van der Waals surface area contributed by atoms with Crippen molar-refractivity contribution in [2.75, 3.05) is 7.05 Å². The monoisotopic (exact) mass is 305 g/mol. The molecule has 0 radical (unpaired) electrons. The van der Waals surface area contributed by atoms with Crippen LogP contribution in [0.1, 0.15) is 16.7 Å². The van der Waals surface area contributed by atoms with Gasteiger partial charge in [-0.15, -0.1) is 0 Å². The number of sulfonamides is 1. The number of aliphatic hydroxyl groups is 1. The predicted octanol–water partition coefficient (Wildman–Crippen LogP) is 2.31. The average molecular weight is 305 g/mol. The molecule has 2 rings (SSSR count). The van der Waals surface area contributed by atoms with Crippen LogP contribution in [0.5, 0.6) is 0 Å². The minimum atomic E-state index is -3.58. The third-order valence-corrected chi connectivity index (χ3v) is 5.32. The molecule has 0 spiro atoms. The first-order valence-electron chi connectivity index (χ1n) is 6.66. The van der Waals surface area contributed by atoms with Gasteiger partial charge in [-0.3, -0.25) is 0 Å². The maximum atomic E-state index is 12.7. The molecular weight excluding hydrogens is 286 g/mol. The average Bonchev–Trinajstić information content (AvgIpc) is 2.48. The number of nitrogens with zero attached hydrogens (tertiary/aromatic N) is 1. The van der Waals surface area contributed by atoms with E-state index in [-0.39, 0.29) is 11.5 Å². The minimum absolute atomic E-state index is 0.175. The van der Waals surface area contributed by atoms with Crippen molar-refractivity contribution in [2.24, 2.45) is 0 Å². The molecule has 0 atom stereocenters. The van der Waals surface area contributed by atoms with Crippen LogP contribution in [-0.2, 0) is 23.2 Å². The smallest absolute Gasteiger partial charge is 0.243 e. The first-order valence-corrected chi connectivity index (χ1v) is 8.10. The van der Waals surface area contributed by atoms with Crippen molar-refractivity contribution in [1.29, 1.82) is 0 Å². The summed E-state index contributed by atoms with van der Waals surface area (Å²) in [5.74, 6) is 0. The predicted molar refractivity (Wildman–Crippen MR) is 82.2 cm³/mol. The normalized spacial score (nSPS) is 11.8. The van der Waals surface area contributed by atoms with Gasteiger partial charge in [0.05, 0.1) is 11.5 Å². The maximum absolute atomic E-state index is 12.7. The van der Waals surface area contributed by atoms with Gasteiger partial charge in [0.25, 0.3) is 0 Å². The van der Waals surface area contributed by atoms with Crippen molar-refractivity contribution < 1.29 is 13.5 Å². The van der Waals surface area contributed by atoms with E-state index in [1.165, 1.54) is 10.4 Å². The molecule has 2 aromatic rings. The van der Waals surface area contributed by atoms with Gasteiger partial charge in [0.2, 0.25) is 10.0 Å². The van der Waals surface area contributed by atoms with Gasteiger partial charge in [-0.05, 0) is 29.7 Å². The standard InChI is InChI=1S/C16H19NO3S/c1-13-8-9-15(12-18)10-16(13)21(19,20)17(2)11-14-6-4-3-5-7-14/h3-10,18H,11-12H2,1-2H3. The fraction of sp³-hybridized carbons (Fsp3) is 0.250. The van der Waals surface area contributed by atoms with Crippen molar-refractivity contribution in [1.82, 2.24) is 4.31 Å². The highest BCUT2D eigenvalue weighted by molar-refractivity contribution is 7.89. The fourth-order valence-corrected chi connectivity index (χ4v) is 3.54. The summed E-state index contributed by atoms with van der Waals surface area (Å²) in [6.07, 6.45) is 0. The van der Waals surface area contributed by atoms with E-state index in [4.69, 9.17) is 0 Å². The molecule has 0 aliphatic rings. The van der Waals surface area contributed by atoms with Crippen LogP contribution in [0.25, 0.3) is 0 Å². The van der Waals surface area contributed by atoms with Gasteiger partial charge in [0.1, 0.15) is 0 Å². The van der Waals surface area contributed by atoms with E-state index in [1.807, 2.05) is 30.3 Å². The van der Waals surface area contributed by atoms with Gasteiger partial charge in [-0.25, -0.2) is 8.42 Å². The number of aryl methyl sites for hydroxylation is 1. The summed E-state index contributed by atoms with van der Waals surface area (Å²) >= 11 is 0. The molecular formula is C16H19NO3S. The lowest BCUT2D eigenvalue weighted by Gasteiger charge is -2.19. The van der Waals surface area contributed by atoms with Gasteiger partial charge < -0.3 is 5.11 Å². The van der Waals surface area contributed by atoms with Gasteiger partial charge in [-0.2, -0.15) is 4.31 Å². The number of hydrogen-bond acceptors (Lipinski definition) is 3. The summed E-state index contributed by atoms with van der Waals surface area (Å²) in [7, 11) is -2.02. The van der Waals surface area contributed by atoms with Crippen LogP contribution in [0.3, 0.4) is 0 Å². The van der Waals surface area contributed by atoms with Gasteiger partial charge >= 0.3 is 0 Å². The molecule has 0 unspecified atom stereocenters. The second-order valence-corrected chi connectivity index (χ2v) is 7.02. The maximum Gasteiger partial charge on any atom is 0.243 e. The van der Waals surface area contributed by atoms with Crippen molar-refractivity contribution in [2.45, 2.75) is 25.0 Å². The van der Waals surface area contributed by atoms with E-state index in [0.717, 1.165) is 5.56 Å². The van der Waals surface area contributed by atoms with Gasteiger partial charge in [-0.1, -0.05) is 42.5 Å². The van der Waals surface area contributed by atoms with Crippen LogP contribution in [0.4, 0.5) is 0 Å². The van der Waals surface area contributed by atoms with E-state index in [9.17, 15) is 13.5 Å².